The van der Waals surface area contributed by atoms with Crippen molar-refractivity contribution in [3.8, 4) is 11.5 Å². The van der Waals surface area contributed by atoms with E-state index in [2.05, 4.69) is 5.32 Å². The van der Waals surface area contributed by atoms with E-state index < -0.39 is 0 Å². The van der Waals surface area contributed by atoms with Gasteiger partial charge in [-0.2, -0.15) is 0 Å². The summed E-state index contributed by atoms with van der Waals surface area (Å²) in [6, 6.07) is 2.90. The summed E-state index contributed by atoms with van der Waals surface area (Å²) in [6.07, 6.45) is 10.5. The molecule has 128 valence electrons. The molecule has 4 aliphatic carbocycles. The van der Waals surface area contributed by atoms with Crippen molar-refractivity contribution in [3.05, 3.63) is 28.8 Å². The molecule has 0 aromatic heterocycles. The first-order chi connectivity index (χ1) is 11.4. The van der Waals surface area contributed by atoms with Gasteiger partial charge in [0.25, 0.3) is 0 Å². The summed E-state index contributed by atoms with van der Waals surface area (Å²) in [4.78, 5) is 12.4. The number of amides is 1. The lowest BCUT2D eigenvalue weighted by Crippen LogP contribution is -2.59. The Kier molecular flexibility index (Phi) is 3.75. The minimum atomic E-state index is -0.341. The molecule has 0 saturated heterocycles. The highest BCUT2D eigenvalue weighted by molar-refractivity contribution is 6.32. The minimum absolute atomic E-state index is 0.00901. The van der Waals surface area contributed by atoms with Crippen LogP contribution in [0.25, 0.3) is 6.08 Å². The van der Waals surface area contributed by atoms with Crippen LogP contribution >= 0.6 is 11.6 Å². The van der Waals surface area contributed by atoms with E-state index in [0.29, 0.717) is 5.56 Å². The highest BCUT2D eigenvalue weighted by atomic mass is 35.5. The maximum Gasteiger partial charge on any atom is 0.244 e. The summed E-state index contributed by atoms with van der Waals surface area (Å²) in [5.41, 5.74) is 0.571. The SMILES string of the molecule is O=C(/C=C/c1cc(O)c(O)c(Cl)c1)NC12CC3CC(CC(C3)C1)C2. The molecule has 1 amide bonds. The molecular weight excluding hydrogens is 326 g/mol. The normalized spacial score (nSPS) is 34.0. The van der Waals surface area contributed by atoms with Gasteiger partial charge in [-0.3, -0.25) is 4.79 Å². The molecule has 0 unspecified atom stereocenters. The van der Waals surface area contributed by atoms with Gasteiger partial charge >= 0.3 is 0 Å². The van der Waals surface area contributed by atoms with Gasteiger partial charge in [-0.1, -0.05) is 11.6 Å². The van der Waals surface area contributed by atoms with Gasteiger partial charge < -0.3 is 15.5 Å². The number of carbonyl (C=O) groups is 1. The van der Waals surface area contributed by atoms with Crippen LogP contribution in [-0.4, -0.2) is 21.7 Å². The molecule has 0 spiro atoms. The Hall–Kier alpha value is -1.68. The van der Waals surface area contributed by atoms with Crippen LogP contribution in [-0.2, 0) is 4.79 Å². The van der Waals surface area contributed by atoms with E-state index in [1.54, 1.807) is 6.08 Å². The number of benzene rings is 1. The van der Waals surface area contributed by atoms with Crippen molar-refractivity contribution < 1.29 is 15.0 Å². The first kappa shape index (κ1) is 15.8. The topological polar surface area (TPSA) is 69.6 Å². The number of phenols is 2. The van der Waals surface area contributed by atoms with Crippen molar-refractivity contribution in [1.82, 2.24) is 5.32 Å². The number of hydrogen-bond donors (Lipinski definition) is 3. The molecule has 4 aliphatic rings. The summed E-state index contributed by atoms with van der Waals surface area (Å²) in [6.45, 7) is 0. The summed E-state index contributed by atoms with van der Waals surface area (Å²) < 4.78 is 0. The molecule has 0 radical (unpaired) electrons. The van der Waals surface area contributed by atoms with Crippen LogP contribution in [0.4, 0.5) is 0 Å². The molecule has 3 N–H and O–H groups in total. The molecule has 5 rings (SSSR count). The maximum atomic E-state index is 12.4. The molecule has 0 heterocycles. The van der Waals surface area contributed by atoms with E-state index in [9.17, 15) is 15.0 Å². The minimum Gasteiger partial charge on any atom is -0.504 e. The van der Waals surface area contributed by atoms with Gasteiger partial charge in [0.2, 0.25) is 5.91 Å². The van der Waals surface area contributed by atoms with Crippen LogP contribution < -0.4 is 5.32 Å². The third-order valence-corrected chi connectivity index (χ3v) is 6.21. The van der Waals surface area contributed by atoms with E-state index in [-0.39, 0.29) is 28.0 Å². The van der Waals surface area contributed by atoms with Crippen LogP contribution in [0.1, 0.15) is 44.1 Å². The van der Waals surface area contributed by atoms with E-state index in [4.69, 9.17) is 11.6 Å². The fraction of sp³-hybridized carbons (Fsp3) is 0.526. The third kappa shape index (κ3) is 2.88. The van der Waals surface area contributed by atoms with Crippen LogP contribution in [0.3, 0.4) is 0 Å². The summed E-state index contributed by atoms with van der Waals surface area (Å²) in [7, 11) is 0. The Morgan fingerprint density at radius 1 is 1.12 bits per heavy atom. The first-order valence-corrected chi connectivity index (χ1v) is 9.02. The van der Waals surface area contributed by atoms with E-state index >= 15 is 0 Å². The molecule has 0 aliphatic heterocycles. The van der Waals surface area contributed by atoms with Gasteiger partial charge in [0.05, 0.1) is 5.02 Å². The van der Waals surface area contributed by atoms with Crippen molar-refractivity contribution in [2.75, 3.05) is 0 Å². The predicted molar refractivity (Wildman–Crippen MR) is 92.9 cm³/mol. The summed E-state index contributed by atoms with van der Waals surface area (Å²) >= 11 is 5.83. The molecule has 1 aromatic carbocycles. The second-order valence-electron chi connectivity index (χ2n) is 7.89. The third-order valence-electron chi connectivity index (χ3n) is 5.92. The van der Waals surface area contributed by atoms with Gasteiger partial charge in [0.15, 0.2) is 11.5 Å². The Bertz CT molecular complexity index is 654. The fourth-order valence-corrected chi connectivity index (χ4v) is 5.66. The van der Waals surface area contributed by atoms with E-state index in [1.165, 1.54) is 37.5 Å². The second kappa shape index (κ2) is 5.69. The van der Waals surface area contributed by atoms with Crippen LogP contribution in [0.2, 0.25) is 5.02 Å². The molecule has 24 heavy (non-hydrogen) atoms. The predicted octanol–water partition coefficient (Wildman–Crippen LogP) is 3.85. The van der Waals surface area contributed by atoms with Crippen LogP contribution in [0, 0.1) is 17.8 Å². The van der Waals surface area contributed by atoms with Gasteiger partial charge in [-0.15, -0.1) is 0 Å². The van der Waals surface area contributed by atoms with E-state index in [0.717, 1.165) is 37.0 Å². The molecule has 4 nitrogen and oxygen atoms in total. The largest absolute Gasteiger partial charge is 0.504 e. The lowest BCUT2D eigenvalue weighted by molar-refractivity contribution is -0.122. The Morgan fingerprint density at radius 2 is 1.71 bits per heavy atom. The van der Waals surface area contributed by atoms with Crippen molar-refractivity contribution in [1.29, 1.82) is 0 Å². The zero-order chi connectivity index (χ0) is 16.9. The van der Waals surface area contributed by atoms with Crippen molar-refractivity contribution in [3.63, 3.8) is 0 Å². The van der Waals surface area contributed by atoms with Crippen LogP contribution in [0.5, 0.6) is 11.5 Å². The quantitative estimate of drug-likeness (QED) is 0.574. The number of phenolic OH excluding ortho intramolecular Hbond substituents is 2. The van der Waals surface area contributed by atoms with Crippen LogP contribution in [0.15, 0.2) is 18.2 Å². The number of rotatable bonds is 3. The molecule has 5 heteroatoms. The standard InChI is InChI=1S/C19H22ClNO3/c20-15-6-11(7-16(22)18(15)24)1-2-17(23)21-19-8-12-3-13(9-19)5-14(4-12)10-19/h1-2,6-7,12-14,22,24H,3-5,8-10H2,(H,21,23)/b2-1+. The Morgan fingerprint density at radius 3 is 2.25 bits per heavy atom. The molecule has 1 aromatic rings. The number of hydrogen-bond acceptors (Lipinski definition) is 3. The molecule has 4 saturated carbocycles. The smallest absolute Gasteiger partial charge is 0.244 e. The number of carbonyl (C=O) groups excluding carboxylic acids is 1. The summed E-state index contributed by atoms with van der Waals surface area (Å²) in [5, 5.41) is 22.4. The Labute approximate surface area is 146 Å². The number of halogens is 1. The highest BCUT2D eigenvalue weighted by Crippen LogP contribution is 2.55. The van der Waals surface area contributed by atoms with Crippen molar-refractivity contribution in [2.24, 2.45) is 17.8 Å². The highest BCUT2D eigenvalue weighted by Gasteiger charge is 2.51. The fourth-order valence-electron chi connectivity index (χ4n) is 5.44. The van der Waals surface area contributed by atoms with Gasteiger partial charge in [0, 0.05) is 11.6 Å². The zero-order valence-corrected chi connectivity index (χ0v) is 14.2. The van der Waals surface area contributed by atoms with E-state index in [1.807, 2.05) is 0 Å². The average Bonchev–Trinajstić information content (AvgIpc) is 2.48. The number of aromatic hydroxyl groups is 2. The first-order valence-electron chi connectivity index (χ1n) is 8.64. The molecule has 4 bridgehead atoms. The lowest BCUT2D eigenvalue weighted by Gasteiger charge is -2.56. The van der Waals surface area contributed by atoms with Gasteiger partial charge in [-0.25, -0.2) is 0 Å². The monoisotopic (exact) mass is 347 g/mol. The second-order valence-corrected chi connectivity index (χ2v) is 8.30. The lowest BCUT2D eigenvalue weighted by atomic mass is 9.53. The summed E-state index contributed by atoms with van der Waals surface area (Å²) in [5.74, 6) is 1.63. The maximum absolute atomic E-state index is 12.4. The zero-order valence-electron chi connectivity index (χ0n) is 13.5. The van der Waals surface area contributed by atoms with Gasteiger partial charge in [-0.05, 0) is 80.1 Å². The molecular formula is C19H22ClNO3. The number of nitrogens with one attached hydrogen (secondary N) is 1. The molecule has 0 atom stereocenters. The van der Waals surface area contributed by atoms with Crippen molar-refractivity contribution in [2.45, 2.75) is 44.1 Å². The van der Waals surface area contributed by atoms with Crippen molar-refractivity contribution >= 4 is 23.6 Å². The average molecular weight is 348 g/mol. The Balaban J connectivity index is 1.45. The van der Waals surface area contributed by atoms with Gasteiger partial charge in [0.1, 0.15) is 0 Å². The molecule has 4 fully saturated rings.